The molecule has 0 bridgehead atoms. The molecule has 0 saturated carbocycles. The van der Waals surface area contributed by atoms with Gasteiger partial charge in [0.05, 0.1) is 28.0 Å². The van der Waals surface area contributed by atoms with Gasteiger partial charge in [-0.05, 0) is 51.5 Å². The molecule has 0 fully saturated rings. The number of hydrogen-bond donors (Lipinski definition) is 1. The lowest BCUT2D eigenvalue weighted by atomic mass is 10.2. The Morgan fingerprint density at radius 1 is 1.26 bits per heavy atom. The van der Waals surface area contributed by atoms with Gasteiger partial charge in [-0.1, -0.05) is 41.3 Å². The molecule has 0 aliphatic heterocycles. The number of amides is 1. The molecule has 0 aliphatic carbocycles. The van der Waals surface area contributed by atoms with E-state index in [1.165, 1.54) is 23.1 Å². The molecule has 2 aromatic heterocycles. The van der Waals surface area contributed by atoms with Crippen molar-refractivity contribution in [3.63, 3.8) is 0 Å². The van der Waals surface area contributed by atoms with Crippen molar-refractivity contribution in [1.29, 1.82) is 0 Å². The summed E-state index contributed by atoms with van der Waals surface area (Å²) >= 11 is 8.29. The first-order valence-corrected chi connectivity index (χ1v) is 10.5. The average Bonchev–Trinajstić information content (AvgIpc) is 3.09. The fraction of sp³-hybridized carbons (Fsp3) is 0.333. The van der Waals surface area contributed by atoms with Gasteiger partial charge in [0.2, 0.25) is 5.91 Å². The SMILES string of the molecule is Cc1ccccc1-n1nc(S[C@@H](C)C(=O)Nc2c(C)nn(C)c2C)sc1=S. The van der Waals surface area contributed by atoms with E-state index in [9.17, 15) is 4.79 Å². The van der Waals surface area contributed by atoms with E-state index in [-0.39, 0.29) is 11.2 Å². The summed E-state index contributed by atoms with van der Waals surface area (Å²) < 4.78 is 4.96. The number of nitrogens with one attached hydrogen (secondary N) is 1. The molecule has 27 heavy (non-hydrogen) atoms. The highest BCUT2D eigenvalue weighted by Gasteiger charge is 2.20. The molecule has 0 unspecified atom stereocenters. The molecule has 142 valence electrons. The van der Waals surface area contributed by atoms with Gasteiger partial charge in [-0.15, -0.1) is 5.10 Å². The predicted molar refractivity (Wildman–Crippen MR) is 114 cm³/mol. The number of aromatic nitrogens is 4. The highest BCUT2D eigenvalue weighted by Crippen LogP contribution is 2.29. The van der Waals surface area contributed by atoms with E-state index < -0.39 is 0 Å². The average molecular weight is 420 g/mol. The minimum absolute atomic E-state index is 0.0808. The normalized spacial score (nSPS) is 12.2. The molecular formula is C18H21N5OS3. The van der Waals surface area contributed by atoms with Crippen molar-refractivity contribution in [2.24, 2.45) is 7.05 Å². The highest BCUT2D eigenvalue weighted by atomic mass is 32.2. The summed E-state index contributed by atoms with van der Waals surface area (Å²) in [5, 5.41) is 11.6. The number of carbonyl (C=O) groups is 1. The van der Waals surface area contributed by atoms with Crippen molar-refractivity contribution in [3.05, 3.63) is 45.2 Å². The van der Waals surface area contributed by atoms with Crippen LogP contribution in [0, 0.1) is 24.7 Å². The maximum Gasteiger partial charge on any atom is 0.237 e. The lowest BCUT2D eigenvalue weighted by Gasteiger charge is -2.10. The Morgan fingerprint density at radius 2 is 1.96 bits per heavy atom. The topological polar surface area (TPSA) is 64.7 Å². The Bertz CT molecular complexity index is 1050. The fourth-order valence-electron chi connectivity index (χ4n) is 2.65. The van der Waals surface area contributed by atoms with Crippen LogP contribution in [0.15, 0.2) is 28.6 Å². The molecule has 0 radical (unpaired) electrons. The Morgan fingerprint density at radius 3 is 2.59 bits per heavy atom. The maximum atomic E-state index is 12.6. The summed E-state index contributed by atoms with van der Waals surface area (Å²) in [6.07, 6.45) is 0. The van der Waals surface area contributed by atoms with E-state index in [0.717, 1.165) is 32.7 Å². The zero-order valence-corrected chi connectivity index (χ0v) is 18.3. The second kappa shape index (κ2) is 7.95. The van der Waals surface area contributed by atoms with Crippen LogP contribution in [0.2, 0.25) is 0 Å². The molecule has 3 aromatic rings. The quantitative estimate of drug-likeness (QED) is 0.489. The van der Waals surface area contributed by atoms with Crippen molar-refractivity contribution in [2.75, 3.05) is 5.32 Å². The van der Waals surface area contributed by atoms with E-state index in [0.29, 0.717) is 3.95 Å². The second-order valence-electron chi connectivity index (χ2n) is 6.25. The number of benzene rings is 1. The summed E-state index contributed by atoms with van der Waals surface area (Å²) in [7, 11) is 1.86. The second-order valence-corrected chi connectivity index (χ2v) is 9.46. The monoisotopic (exact) mass is 419 g/mol. The molecule has 1 N–H and O–H groups in total. The summed E-state index contributed by atoms with van der Waals surface area (Å²) in [6, 6.07) is 7.96. The first-order valence-electron chi connectivity index (χ1n) is 8.41. The van der Waals surface area contributed by atoms with Crippen molar-refractivity contribution in [1.82, 2.24) is 19.6 Å². The van der Waals surface area contributed by atoms with Crippen LogP contribution in [-0.2, 0) is 11.8 Å². The Labute approximate surface area is 171 Å². The predicted octanol–water partition coefficient (Wildman–Crippen LogP) is 4.44. The first kappa shape index (κ1) is 19.8. The van der Waals surface area contributed by atoms with Crippen LogP contribution in [0.5, 0.6) is 0 Å². The van der Waals surface area contributed by atoms with Gasteiger partial charge in [-0.2, -0.15) is 5.10 Å². The lowest BCUT2D eigenvalue weighted by molar-refractivity contribution is -0.115. The van der Waals surface area contributed by atoms with Gasteiger partial charge in [0, 0.05) is 7.05 Å². The molecule has 6 nitrogen and oxygen atoms in total. The smallest absolute Gasteiger partial charge is 0.237 e. The van der Waals surface area contributed by atoms with Crippen molar-refractivity contribution in [3.8, 4) is 5.69 Å². The summed E-state index contributed by atoms with van der Waals surface area (Å²) in [5.41, 5.74) is 4.57. The first-order chi connectivity index (χ1) is 12.8. The van der Waals surface area contributed by atoms with Crippen LogP contribution in [0.25, 0.3) is 5.69 Å². The van der Waals surface area contributed by atoms with E-state index in [2.05, 4.69) is 15.5 Å². The van der Waals surface area contributed by atoms with E-state index in [1.54, 1.807) is 9.36 Å². The lowest BCUT2D eigenvalue weighted by Crippen LogP contribution is -2.23. The van der Waals surface area contributed by atoms with Gasteiger partial charge in [0.15, 0.2) is 8.29 Å². The molecule has 0 spiro atoms. The maximum absolute atomic E-state index is 12.6. The molecule has 0 saturated heterocycles. The van der Waals surface area contributed by atoms with Crippen LogP contribution in [0.1, 0.15) is 23.9 Å². The number of carbonyl (C=O) groups excluding carboxylic acids is 1. The summed E-state index contributed by atoms with van der Waals surface area (Å²) in [4.78, 5) is 12.6. The Hall–Kier alpha value is -1.97. The highest BCUT2D eigenvalue weighted by molar-refractivity contribution is 8.02. The third-order valence-electron chi connectivity index (χ3n) is 4.28. The number of thioether (sulfide) groups is 1. The third kappa shape index (κ3) is 4.15. The van der Waals surface area contributed by atoms with Gasteiger partial charge in [-0.25, -0.2) is 4.68 Å². The van der Waals surface area contributed by atoms with Gasteiger partial charge in [0.1, 0.15) is 0 Å². The minimum atomic E-state index is -0.310. The van der Waals surface area contributed by atoms with Crippen LogP contribution < -0.4 is 5.32 Å². The summed E-state index contributed by atoms with van der Waals surface area (Å²) in [6.45, 7) is 7.71. The van der Waals surface area contributed by atoms with Crippen molar-refractivity contribution < 1.29 is 4.79 Å². The number of nitrogens with zero attached hydrogens (tertiary/aromatic N) is 4. The van der Waals surface area contributed by atoms with E-state index >= 15 is 0 Å². The molecule has 3 rings (SSSR count). The van der Waals surface area contributed by atoms with Crippen molar-refractivity contribution >= 4 is 46.9 Å². The minimum Gasteiger partial charge on any atom is -0.322 e. The molecule has 1 amide bonds. The van der Waals surface area contributed by atoms with Crippen LogP contribution >= 0.6 is 35.3 Å². The van der Waals surface area contributed by atoms with Gasteiger partial charge in [-0.3, -0.25) is 9.48 Å². The molecule has 1 aromatic carbocycles. The van der Waals surface area contributed by atoms with Crippen LogP contribution in [0.3, 0.4) is 0 Å². The molecule has 2 heterocycles. The van der Waals surface area contributed by atoms with Gasteiger partial charge < -0.3 is 5.32 Å². The van der Waals surface area contributed by atoms with Gasteiger partial charge in [0.25, 0.3) is 0 Å². The largest absolute Gasteiger partial charge is 0.322 e. The van der Waals surface area contributed by atoms with Gasteiger partial charge >= 0.3 is 0 Å². The van der Waals surface area contributed by atoms with E-state index in [4.69, 9.17) is 12.2 Å². The fourth-order valence-corrected chi connectivity index (χ4v) is 5.14. The number of para-hydroxylation sites is 1. The zero-order valence-electron chi connectivity index (χ0n) is 15.8. The summed E-state index contributed by atoms with van der Waals surface area (Å²) in [5.74, 6) is -0.0808. The van der Waals surface area contributed by atoms with Crippen molar-refractivity contribution in [2.45, 2.75) is 37.3 Å². The Balaban J connectivity index is 1.76. The molecule has 9 heteroatoms. The molecule has 0 aliphatic rings. The van der Waals surface area contributed by atoms with Crippen LogP contribution in [0.4, 0.5) is 5.69 Å². The number of aryl methyl sites for hydroxylation is 3. The number of anilines is 1. The Kier molecular flexibility index (Phi) is 5.83. The zero-order chi connectivity index (χ0) is 19.7. The molecular weight excluding hydrogens is 398 g/mol. The third-order valence-corrected chi connectivity index (χ3v) is 6.69. The van der Waals surface area contributed by atoms with Crippen LogP contribution in [-0.4, -0.2) is 30.7 Å². The molecule has 1 atom stereocenters. The standard InChI is InChI=1S/C18H21N5OS3/c1-10-8-6-7-9-14(10)23-18(25)27-17(21-23)26-13(4)16(24)19-15-11(2)20-22(5)12(15)3/h6-9,13H,1-5H3,(H,19,24)/t13-/m0/s1. The number of rotatable bonds is 5. The van der Waals surface area contributed by atoms with E-state index in [1.807, 2.05) is 59.0 Å². The number of hydrogen-bond acceptors (Lipinski definition) is 6.